The Balaban J connectivity index is 1.33. The van der Waals surface area contributed by atoms with Crippen molar-refractivity contribution in [3.05, 3.63) is 71.0 Å². The fraction of sp³-hybridized carbons (Fsp3) is 0.286. The lowest BCUT2D eigenvalue weighted by Crippen LogP contribution is -2.29. The molecule has 0 spiro atoms. The van der Waals surface area contributed by atoms with Gasteiger partial charge in [0.2, 0.25) is 0 Å². The van der Waals surface area contributed by atoms with Crippen LogP contribution in [0.5, 0.6) is 0 Å². The molecule has 0 bridgehead atoms. The van der Waals surface area contributed by atoms with Gasteiger partial charge in [-0.2, -0.15) is 0 Å². The molecule has 0 aliphatic carbocycles. The van der Waals surface area contributed by atoms with Crippen LogP contribution in [0.15, 0.2) is 54.9 Å². The summed E-state index contributed by atoms with van der Waals surface area (Å²) in [6, 6.07) is 12.4. The third-order valence-corrected chi connectivity index (χ3v) is 5.20. The van der Waals surface area contributed by atoms with Crippen molar-refractivity contribution in [1.29, 1.82) is 0 Å². The van der Waals surface area contributed by atoms with Crippen LogP contribution in [0.1, 0.15) is 24.0 Å². The average molecular weight is 352 g/mol. The van der Waals surface area contributed by atoms with Crippen LogP contribution < -0.4 is 0 Å². The van der Waals surface area contributed by atoms with E-state index in [9.17, 15) is 0 Å². The van der Waals surface area contributed by atoms with Gasteiger partial charge in [0.05, 0.1) is 0 Å². The molecule has 0 radical (unpaired) electrons. The molecule has 1 aliphatic heterocycles. The van der Waals surface area contributed by atoms with E-state index in [1.54, 1.807) is 0 Å². The van der Waals surface area contributed by atoms with E-state index in [-0.39, 0.29) is 0 Å². The Kier molecular flexibility index (Phi) is 4.86. The Morgan fingerprint density at radius 2 is 2.04 bits per heavy atom. The Labute approximate surface area is 153 Å². The summed E-state index contributed by atoms with van der Waals surface area (Å²) in [6.45, 7) is 3.30. The van der Waals surface area contributed by atoms with E-state index in [2.05, 4.69) is 45.3 Å². The maximum Gasteiger partial charge on any atom is 0.137 e. The highest BCUT2D eigenvalue weighted by Crippen LogP contribution is 2.28. The normalized spacial score (nSPS) is 15.5. The lowest BCUT2D eigenvalue weighted by molar-refractivity contribution is 0.298. The summed E-state index contributed by atoms with van der Waals surface area (Å²) < 4.78 is 0. The fourth-order valence-corrected chi connectivity index (χ4v) is 3.66. The van der Waals surface area contributed by atoms with Gasteiger partial charge < -0.3 is 4.98 Å². The van der Waals surface area contributed by atoms with Crippen LogP contribution in [0.3, 0.4) is 0 Å². The van der Waals surface area contributed by atoms with Crippen LogP contribution >= 0.6 is 11.6 Å². The minimum Gasteiger partial charge on any atom is -0.346 e. The van der Waals surface area contributed by atoms with Crippen molar-refractivity contribution in [2.45, 2.75) is 19.3 Å². The van der Waals surface area contributed by atoms with Gasteiger partial charge in [-0.05, 0) is 61.2 Å². The summed E-state index contributed by atoms with van der Waals surface area (Å²) in [4.78, 5) is 10.2. The summed E-state index contributed by atoms with van der Waals surface area (Å²) in [5, 5.41) is 2.04. The molecule has 2 aromatic heterocycles. The summed E-state index contributed by atoms with van der Waals surface area (Å²) in [5.74, 6) is 0. The van der Waals surface area contributed by atoms with E-state index < -0.39 is 0 Å². The number of aromatic amines is 1. The fourth-order valence-electron chi connectivity index (χ4n) is 3.54. The second kappa shape index (κ2) is 7.42. The van der Waals surface area contributed by atoms with Crippen LogP contribution in [0.25, 0.3) is 16.6 Å². The third-order valence-electron chi connectivity index (χ3n) is 4.94. The Morgan fingerprint density at radius 3 is 2.84 bits per heavy atom. The summed E-state index contributed by atoms with van der Waals surface area (Å²) in [7, 11) is 0. The highest BCUT2D eigenvalue weighted by molar-refractivity contribution is 6.30. The zero-order valence-electron chi connectivity index (χ0n) is 14.2. The number of nitrogens with zero attached hydrogens (tertiary/aromatic N) is 2. The number of hydrogen-bond donors (Lipinski definition) is 1. The number of fused-ring (bicyclic) bond motifs is 1. The van der Waals surface area contributed by atoms with Crippen LogP contribution in [0.4, 0.5) is 0 Å². The molecule has 3 aromatic rings. The van der Waals surface area contributed by atoms with Gasteiger partial charge in [-0.1, -0.05) is 29.8 Å². The molecule has 3 nitrogen and oxygen atoms in total. The van der Waals surface area contributed by atoms with Crippen molar-refractivity contribution >= 4 is 28.2 Å². The maximum atomic E-state index is 5.94. The first-order valence-electron chi connectivity index (χ1n) is 8.88. The summed E-state index contributed by atoms with van der Waals surface area (Å²) in [6.07, 6.45) is 9.70. The Hall–Kier alpha value is -2.10. The standard InChI is InChI=1S/C21H22ClN3/c22-18-7-5-16(6-8-18)3-2-12-25-13-9-17(10-14-25)20-15-24-21-19(20)4-1-11-23-21/h1,4-9,11,15H,2-3,10,12-14H2,(H,23,24). The van der Waals surface area contributed by atoms with E-state index in [4.69, 9.17) is 11.6 Å². The molecule has 1 N–H and O–H groups in total. The third kappa shape index (κ3) is 3.78. The number of aryl methyl sites for hydroxylation is 1. The average Bonchev–Trinajstić information content (AvgIpc) is 3.08. The monoisotopic (exact) mass is 351 g/mol. The van der Waals surface area contributed by atoms with E-state index >= 15 is 0 Å². The molecule has 4 heteroatoms. The van der Waals surface area contributed by atoms with Gasteiger partial charge in [-0.3, -0.25) is 4.90 Å². The number of hydrogen-bond acceptors (Lipinski definition) is 2. The van der Waals surface area contributed by atoms with Gasteiger partial charge in [-0.25, -0.2) is 4.98 Å². The molecule has 25 heavy (non-hydrogen) atoms. The minimum absolute atomic E-state index is 0.810. The van der Waals surface area contributed by atoms with Gasteiger partial charge in [-0.15, -0.1) is 0 Å². The molecule has 4 rings (SSSR count). The van der Waals surface area contributed by atoms with Crippen LogP contribution in [0, 0.1) is 0 Å². The topological polar surface area (TPSA) is 31.9 Å². The summed E-state index contributed by atoms with van der Waals surface area (Å²) in [5.41, 5.74) is 5.09. The van der Waals surface area contributed by atoms with Gasteiger partial charge in [0.25, 0.3) is 0 Å². The highest BCUT2D eigenvalue weighted by Gasteiger charge is 2.15. The zero-order valence-corrected chi connectivity index (χ0v) is 15.0. The zero-order chi connectivity index (χ0) is 17.1. The van der Waals surface area contributed by atoms with E-state index in [0.29, 0.717) is 0 Å². The van der Waals surface area contributed by atoms with Gasteiger partial charge >= 0.3 is 0 Å². The first-order chi connectivity index (χ1) is 12.3. The van der Waals surface area contributed by atoms with E-state index in [1.807, 2.05) is 24.4 Å². The minimum atomic E-state index is 0.810. The van der Waals surface area contributed by atoms with Crippen molar-refractivity contribution in [2.75, 3.05) is 19.6 Å². The quantitative estimate of drug-likeness (QED) is 0.706. The van der Waals surface area contributed by atoms with Crippen molar-refractivity contribution in [2.24, 2.45) is 0 Å². The number of benzene rings is 1. The highest BCUT2D eigenvalue weighted by atomic mass is 35.5. The second-order valence-corrected chi connectivity index (χ2v) is 7.05. The predicted molar refractivity (Wildman–Crippen MR) is 105 cm³/mol. The number of aromatic nitrogens is 2. The largest absolute Gasteiger partial charge is 0.346 e. The van der Waals surface area contributed by atoms with Gasteiger partial charge in [0, 0.05) is 41.5 Å². The van der Waals surface area contributed by atoms with Crippen molar-refractivity contribution in [3.8, 4) is 0 Å². The van der Waals surface area contributed by atoms with Crippen LogP contribution in [-0.2, 0) is 6.42 Å². The van der Waals surface area contributed by atoms with Crippen LogP contribution in [0.2, 0.25) is 5.02 Å². The Bertz CT molecular complexity index is 880. The first-order valence-corrected chi connectivity index (χ1v) is 9.26. The molecule has 1 aromatic carbocycles. The molecule has 0 atom stereocenters. The number of pyridine rings is 1. The molecule has 128 valence electrons. The molecule has 0 amide bonds. The SMILES string of the molecule is Clc1ccc(CCCN2CC=C(c3c[nH]c4ncccc34)CC2)cc1. The van der Waals surface area contributed by atoms with Gasteiger partial charge in [0.1, 0.15) is 5.65 Å². The second-order valence-electron chi connectivity index (χ2n) is 6.61. The molecule has 0 fully saturated rings. The maximum absolute atomic E-state index is 5.94. The van der Waals surface area contributed by atoms with Crippen molar-refractivity contribution in [1.82, 2.24) is 14.9 Å². The molecular formula is C21H22ClN3. The predicted octanol–water partition coefficient (Wildman–Crippen LogP) is 4.94. The lowest BCUT2D eigenvalue weighted by Gasteiger charge is -2.26. The van der Waals surface area contributed by atoms with Crippen molar-refractivity contribution in [3.63, 3.8) is 0 Å². The molecule has 0 unspecified atom stereocenters. The van der Waals surface area contributed by atoms with E-state index in [1.165, 1.54) is 28.5 Å². The Morgan fingerprint density at radius 1 is 1.16 bits per heavy atom. The van der Waals surface area contributed by atoms with E-state index in [0.717, 1.165) is 43.1 Å². The molecule has 0 saturated heterocycles. The van der Waals surface area contributed by atoms with Gasteiger partial charge in [0.15, 0.2) is 0 Å². The molecule has 1 aliphatic rings. The molecule has 0 saturated carbocycles. The number of nitrogens with one attached hydrogen (secondary N) is 1. The number of rotatable bonds is 5. The van der Waals surface area contributed by atoms with Crippen LogP contribution in [-0.4, -0.2) is 34.5 Å². The molecule has 3 heterocycles. The molecular weight excluding hydrogens is 330 g/mol. The number of halogens is 1. The number of H-pyrrole nitrogens is 1. The van der Waals surface area contributed by atoms with Crippen molar-refractivity contribution < 1.29 is 0 Å². The smallest absolute Gasteiger partial charge is 0.137 e. The lowest BCUT2D eigenvalue weighted by atomic mass is 9.99. The first kappa shape index (κ1) is 16.4. The summed E-state index contributed by atoms with van der Waals surface area (Å²) >= 11 is 5.94.